The molecule has 0 saturated heterocycles. The number of aliphatic imine (C=N–C) groups is 1. The van der Waals surface area contributed by atoms with E-state index in [0.717, 1.165) is 44.6 Å². The van der Waals surface area contributed by atoms with Crippen molar-refractivity contribution in [2.75, 3.05) is 40.4 Å². The number of nitrogens with zero attached hydrogens (tertiary/aromatic N) is 2. The summed E-state index contributed by atoms with van der Waals surface area (Å²) in [4.78, 5) is 9.82. The highest BCUT2D eigenvalue weighted by atomic mass is 16.5. The summed E-state index contributed by atoms with van der Waals surface area (Å²) in [6, 6.07) is 8.42. The molecule has 130 valence electrons. The summed E-state index contributed by atoms with van der Waals surface area (Å²) in [6.45, 7) is 3.40. The Hall–Kier alpha value is -2.01. The van der Waals surface area contributed by atoms with Crippen molar-refractivity contribution in [2.45, 2.75) is 19.3 Å². The van der Waals surface area contributed by atoms with Gasteiger partial charge in [-0.05, 0) is 36.8 Å². The third kappa shape index (κ3) is 4.51. The van der Waals surface area contributed by atoms with Crippen LogP contribution < -0.4 is 5.32 Å². The first kappa shape index (κ1) is 16.8. The van der Waals surface area contributed by atoms with Crippen molar-refractivity contribution in [3.8, 4) is 0 Å². The van der Waals surface area contributed by atoms with Crippen molar-refractivity contribution in [1.82, 2.24) is 15.2 Å². The van der Waals surface area contributed by atoms with E-state index in [2.05, 4.69) is 57.7 Å². The maximum atomic E-state index is 5.71. The first-order valence-electron chi connectivity index (χ1n) is 8.82. The predicted molar refractivity (Wildman–Crippen MR) is 99.5 cm³/mol. The average Bonchev–Trinajstić information content (AvgIpc) is 3.35. The van der Waals surface area contributed by atoms with Crippen LogP contribution in [-0.2, 0) is 11.2 Å². The van der Waals surface area contributed by atoms with Crippen LogP contribution in [0.25, 0.3) is 10.9 Å². The Balaban J connectivity index is 1.41. The van der Waals surface area contributed by atoms with Gasteiger partial charge in [-0.2, -0.15) is 0 Å². The quantitative estimate of drug-likeness (QED) is 0.445. The van der Waals surface area contributed by atoms with Gasteiger partial charge in [0, 0.05) is 50.9 Å². The van der Waals surface area contributed by atoms with Gasteiger partial charge in [0.15, 0.2) is 5.96 Å². The van der Waals surface area contributed by atoms with E-state index in [1.807, 2.05) is 7.05 Å². The normalized spacial score (nSPS) is 15.0. The number of fused-ring (bicyclic) bond motifs is 1. The highest BCUT2D eigenvalue weighted by Crippen LogP contribution is 2.28. The van der Waals surface area contributed by atoms with Gasteiger partial charge in [-0.25, -0.2) is 0 Å². The van der Waals surface area contributed by atoms with Crippen LogP contribution in [0, 0.1) is 5.92 Å². The number of guanidine groups is 1. The van der Waals surface area contributed by atoms with Crippen LogP contribution in [0.5, 0.6) is 0 Å². The molecule has 0 spiro atoms. The molecular formula is C19H28N4O. The number of likely N-dealkylation sites (N-methyl/N-ethyl adjacent to an activating group) is 1. The minimum absolute atomic E-state index is 0.760. The van der Waals surface area contributed by atoms with Gasteiger partial charge in [0.25, 0.3) is 0 Å². The molecule has 1 aromatic heterocycles. The molecule has 3 rings (SSSR count). The largest absolute Gasteiger partial charge is 0.379 e. The van der Waals surface area contributed by atoms with E-state index in [4.69, 9.17) is 4.74 Å². The van der Waals surface area contributed by atoms with Crippen LogP contribution in [0.4, 0.5) is 0 Å². The molecule has 1 aliphatic rings. The molecule has 0 bridgehead atoms. The lowest BCUT2D eigenvalue weighted by atomic mass is 10.1. The van der Waals surface area contributed by atoms with Crippen LogP contribution in [0.15, 0.2) is 35.5 Å². The number of para-hydroxylation sites is 1. The molecule has 5 nitrogen and oxygen atoms in total. The first-order chi connectivity index (χ1) is 11.8. The molecule has 2 N–H and O–H groups in total. The number of aromatic nitrogens is 1. The average molecular weight is 328 g/mol. The fraction of sp³-hybridized carbons (Fsp3) is 0.526. The van der Waals surface area contributed by atoms with Crippen LogP contribution in [0.3, 0.4) is 0 Å². The van der Waals surface area contributed by atoms with Gasteiger partial charge in [0.1, 0.15) is 0 Å². The van der Waals surface area contributed by atoms with Gasteiger partial charge >= 0.3 is 0 Å². The number of ether oxygens (including phenoxy) is 1. The molecule has 0 aliphatic heterocycles. The van der Waals surface area contributed by atoms with Crippen LogP contribution >= 0.6 is 0 Å². The van der Waals surface area contributed by atoms with Gasteiger partial charge in [0.05, 0.1) is 6.61 Å². The van der Waals surface area contributed by atoms with E-state index in [0.29, 0.717) is 0 Å². The maximum absolute atomic E-state index is 5.71. The summed E-state index contributed by atoms with van der Waals surface area (Å²) in [5.41, 5.74) is 2.53. The Kier molecular flexibility index (Phi) is 5.75. The van der Waals surface area contributed by atoms with Gasteiger partial charge in [-0.15, -0.1) is 0 Å². The van der Waals surface area contributed by atoms with Crippen LogP contribution in [-0.4, -0.2) is 56.2 Å². The van der Waals surface area contributed by atoms with Crippen molar-refractivity contribution < 1.29 is 4.74 Å². The molecule has 1 saturated carbocycles. The maximum Gasteiger partial charge on any atom is 0.193 e. The summed E-state index contributed by atoms with van der Waals surface area (Å²) in [6.07, 6.45) is 5.75. The fourth-order valence-electron chi connectivity index (χ4n) is 2.87. The molecule has 1 aliphatic carbocycles. The lowest BCUT2D eigenvalue weighted by molar-refractivity contribution is 0.115. The SMILES string of the molecule is CN=C(NCCc1c[nH]c2ccccc12)N(C)CCOCC1CC1. The molecule has 0 atom stereocenters. The predicted octanol–water partition coefficient (Wildman–Crippen LogP) is 2.64. The molecular weight excluding hydrogens is 300 g/mol. The van der Waals surface area contributed by atoms with Gasteiger partial charge in [0.2, 0.25) is 0 Å². The highest BCUT2D eigenvalue weighted by molar-refractivity contribution is 5.83. The smallest absolute Gasteiger partial charge is 0.193 e. The Bertz CT molecular complexity index is 675. The van der Waals surface area contributed by atoms with Crippen molar-refractivity contribution in [3.05, 3.63) is 36.0 Å². The molecule has 5 heteroatoms. The zero-order chi connectivity index (χ0) is 16.8. The molecule has 24 heavy (non-hydrogen) atoms. The topological polar surface area (TPSA) is 52.7 Å². The number of hydrogen-bond donors (Lipinski definition) is 2. The van der Waals surface area contributed by atoms with E-state index in [1.54, 1.807) is 0 Å². The second-order valence-electron chi connectivity index (χ2n) is 6.52. The number of hydrogen-bond acceptors (Lipinski definition) is 2. The number of nitrogens with one attached hydrogen (secondary N) is 2. The second kappa shape index (κ2) is 8.20. The highest BCUT2D eigenvalue weighted by Gasteiger charge is 2.21. The van der Waals surface area contributed by atoms with Crippen molar-refractivity contribution in [3.63, 3.8) is 0 Å². The summed E-state index contributed by atoms with van der Waals surface area (Å²) >= 11 is 0. The first-order valence-corrected chi connectivity index (χ1v) is 8.82. The number of aromatic amines is 1. The van der Waals surface area contributed by atoms with Gasteiger partial charge in [-0.3, -0.25) is 4.99 Å². The van der Waals surface area contributed by atoms with Crippen molar-refractivity contribution in [1.29, 1.82) is 0 Å². The third-order valence-corrected chi connectivity index (χ3v) is 4.55. The number of H-pyrrole nitrogens is 1. The lowest BCUT2D eigenvalue weighted by Crippen LogP contribution is -2.41. The van der Waals surface area contributed by atoms with E-state index in [9.17, 15) is 0 Å². The summed E-state index contributed by atoms with van der Waals surface area (Å²) in [5, 5.41) is 4.74. The van der Waals surface area contributed by atoms with Gasteiger partial charge in [-0.1, -0.05) is 18.2 Å². The standard InChI is InChI=1S/C19H28N4O/c1-20-19(23(2)11-12-24-14-15-7-8-15)21-10-9-16-13-22-18-6-4-3-5-17(16)18/h3-6,13,15,22H,7-12,14H2,1-2H3,(H,20,21). The van der Waals surface area contributed by atoms with Crippen molar-refractivity contribution >= 4 is 16.9 Å². The van der Waals surface area contributed by atoms with E-state index in [1.165, 1.54) is 29.3 Å². The summed E-state index contributed by atoms with van der Waals surface area (Å²) in [7, 11) is 3.89. The van der Waals surface area contributed by atoms with Crippen LogP contribution in [0.1, 0.15) is 18.4 Å². The fourth-order valence-corrected chi connectivity index (χ4v) is 2.87. The number of benzene rings is 1. The Morgan fingerprint density at radius 3 is 3.00 bits per heavy atom. The molecule has 2 aromatic rings. The third-order valence-electron chi connectivity index (χ3n) is 4.55. The zero-order valence-electron chi connectivity index (χ0n) is 14.7. The monoisotopic (exact) mass is 328 g/mol. The minimum atomic E-state index is 0.760. The Morgan fingerprint density at radius 2 is 2.21 bits per heavy atom. The minimum Gasteiger partial charge on any atom is -0.379 e. The van der Waals surface area contributed by atoms with Crippen molar-refractivity contribution in [2.24, 2.45) is 10.9 Å². The van der Waals surface area contributed by atoms with E-state index < -0.39 is 0 Å². The lowest BCUT2D eigenvalue weighted by Gasteiger charge is -2.22. The number of rotatable bonds is 8. The van der Waals surface area contributed by atoms with E-state index >= 15 is 0 Å². The summed E-state index contributed by atoms with van der Waals surface area (Å²) in [5.74, 6) is 1.74. The second-order valence-corrected chi connectivity index (χ2v) is 6.52. The molecule has 0 unspecified atom stereocenters. The summed E-state index contributed by atoms with van der Waals surface area (Å²) < 4.78 is 5.71. The Morgan fingerprint density at radius 1 is 1.38 bits per heavy atom. The molecule has 1 fully saturated rings. The molecule has 0 radical (unpaired) electrons. The van der Waals surface area contributed by atoms with Gasteiger partial charge < -0.3 is 19.9 Å². The zero-order valence-corrected chi connectivity index (χ0v) is 14.7. The molecule has 1 aromatic carbocycles. The Labute approximate surface area is 144 Å². The van der Waals surface area contributed by atoms with E-state index in [-0.39, 0.29) is 0 Å². The van der Waals surface area contributed by atoms with Crippen LogP contribution in [0.2, 0.25) is 0 Å². The molecule has 0 amide bonds. The molecule has 1 heterocycles.